The van der Waals surface area contributed by atoms with Crippen LogP contribution < -0.4 is 4.74 Å². The van der Waals surface area contributed by atoms with E-state index in [4.69, 9.17) is 4.74 Å². The molecule has 1 aliphatic heterocycles. The Hall–Kier alpha value is -1.80. The molecule has 0 amide bonds. The maximum absolute atomic E-state index is 5.51. The second-order valence-corrected chi connectivity index (χ2v) is 6.76. The van der Waals surface area contributed by atoms with E-state index in [-0.39, 0.29) is 5.41 Å². The first-order chi connectivity index (χ1) is 10.7. The first-order valence-corrected chi connectivity index (χ1v) is 8.16. The fourth-order valence-electron chi connectivity index (χ4n) is 4.42. The van der Waals surface area contributed by atoms with E-state index in [1.165, 1.54) is 29.5 Å². The molecule has 1 aliphatic carbocycles. The van der Waals surface area contributed by atoms with E-state index in [0.29, 0.717) is 6.04 Å². The van der Waals surface area contributed by atoms with Crippen molar-refractivity contribution in [2.75, 3.05) is 20.7 Å². The normalized spacial score (nSPS) is 27.3. The molecule has 0 N–H and O–H groups in total. The zero-order chi connectivity index (χ0) is 15.2. The zero-order valence-electron chi connectivity index (χ0n) is 13.4. The predicted molar refractivity (Wildman–Crippen MR) is 89.6 cm³/mol. The molecule has 0 aromatic heterocycles. The van der Waals surface area contributed by atoms with E-state index < -0.39 is 0 Å². The van der Waals surface area contributed by atoms with Gasteiger partial charge in [-0.25, -0.2) is 0 Å². The molecular formula is C20H23NO. The zero-order valence-corrected chi connectivity index (χ0v) is 13.4. The minimum Gasteiger partial charge on any atom is -0.497 e. The molecule has 2 atom stereocenters. The number of likely N-dealkylation sites (N-methyl/N-ethyl adjacent to an activating group) is 1. The van der Waals surface area contributed by atoms with Crippen molar-refractivity contribution >= 4 is 0 Å². The number of benzene rings is 2. The van der Waals surface area contributed by atoms with Crippen LogP contribution in [0.25, 0.3) is 0 Å². The largest absolute Gasteiger partial charge is 0.497 e. The average molecular weight is 293 g/mol. The molecule has 2 unspecified atom stereocenters. The van der Waals surface area contributed by atoms with Crippen molar-refractivity contribution < 1.29 is 4.74 Å². The molecule has 2 aromatic rings. The van der Waals surface area contributed by atoms with Gasteiger partial charge in [0.15, 0.2) is 0 Å². The number of hydrogen-bond acceptors (Lipinski definition) is 2. The van der Waals surface area contributed by atoms with Crippen molar-refractivity contribution in [1.82, 2.24) is 4.90 Å². The lowest BCUT2D eigenvalue weighted by Crippen LogP contribution is -2.52. The van der Waals surface area contributed by atoms with Gasteiger partial charge in [0.2, 0.25) is 0 Å². The van der Waals surface area contributed by atoms with Crippen LogP contribution in [0.2, 0.25) is 0 Å². The SMILES string of the molecule is COc1ccc2c(c1)C1(c3ccccc3)CCN(C)C(C2)C1. The maximum Gasteiger partial charge on any atom is 0.119 e. The third-order valence-corrected chi connectivity index (χ3v) is 5.71. The highest BCUT2D eigenvalue weighted by Gasteiger charge is 2.45. The van der Waals surface area contributed by atoms with E-state index in [0.717, 1.165) is 18.7 Å². The molecule has 1 fully saturated rings. The Bertz CT molecular complexity index is 681. The second kappa shape index (κ2) is 5.13. The van der Waals surface area contributed by atoms with E-state index >= 15 is 0 Å². The predicted octanol–water partition coefficient (Wildman–Crippen LogP) is 3.63. The van der Waals surface area contributed by atoms with Gasteiger partial charge in [0.25, 0.3) is 0 Å². The number of nitrogens with zero attached hydrogens (tertiary/aromatic N) is 1. The average Bonchev–Trinajstić information content (AvgIpc) is 2.59. The minimum atomic E-state index is 0.153. The fraction of sp³-hybridized carbons (Fsp3) is 0.400. The standard InChI is InChI=1S/C20H23NO/c1-21-11-10-20(16-6-4-3-5-7-16)14-17(21)12-15-8-9-18(22-2)13-19(15)20/h3-9,13,17H,10-12,14H2,1-2H3. The van der Waals surface area contributed by atoms with Gasteiger partial charge in [-0.05, 0) is 61.7 Å². The highest BCUT2D eigenvalue weighted by atomic mass is 16.5. The molecule has 2 heteroatoms. The lowest BCUT2D eigenvalue weighted by molar-refractivity contribution is 0.123. The minimum absolute atomic E-state index is 0.153. The molecule has 2 nitrogen and oxygen atoms in total. The lowest BCUT2D eigenvalue weighted by Gasteiger charge is -2.50. The van der Waals surface area contributed by atoms with Gasteiger partial charge in [-0.1, -0.05) is 36.4 Å². The molecule has 22 heavy (non-hydrogen) atoms. The molecule has 0 spiro atoms. The van der Waals surface area contributed by atoms with Crippen molar-refractivity contribution in [1.29, 1.82) is 0 Å². The second-order valence-electron chi connectivity index (χ2n) is 6.76. The summed E-state index contributed by atoms with van der Waals surface area (Å²) in [6.07, 6.45) is 3.56. The summed E-state index contributed by atoms with van der Waals surface area (Å²) < 4.78 is 5.51. The third kappa shape index (κ3) is 1.98. The highest BCUT2D eigenvalue weighted by molar-refractivity contribution is 5.50. The highest BCUT2D eigenvalue weighted by Crippen LogP contribution is 2.49. The number of ether oxygens (including phenoxy) is 1. The first kappa shape index (κ1) is 13.8. The van der Waals surface area contributed by atoms with Crippen LogP contribution in [0, 0.1) is 0 Å². The topological polar surface area (TPSA) is 12.5 Å². The van der Waals surface area contributed by atoms with E-state index in [1.807, 2.05) is 0 Å². The number of rotatable bonds is 2. The lowest BCUT2D eigenvalue weighted by atomic mass is 9.60. The van der Waals surface area contributed by atoms with Gasteiger partial charge in [-0.15, -0.1) is 0 Å². The van der Waals surface area contributed by atoms with Gasteiger partial charge >= 0.3 is 0 Å². The summed E-state index contributed by atoms with van der Waals surface area (Å²) in [7, 11) is 4.03. The molecular weight excluding hydrogens is 270 g/mol. The van der Waals surface area contributed by atoms with Crippen LogP contribution in [-0.4, -0.2) is 31.6 Å². The summed E-state index contributed by atoms with van der Waals surface area (Å²) in [5.41, 5.74) is 4.60. The van der Waals surface area contributed by atoms with Crippen LogP contribution in [0.3, 0.4) is 0 Å². The van der Waals surface area contributed by atoms with E-state index in [2.05, 4.69) is 60.5 Å². The van der Waals surface area contributed by atoms with Crippen molar-refractivity contribution in [2.24, 2.45) is 0 Å². The molecule has 4 rings (SSSR count). The summed E-state index contributed by atoms with van der Waals surface area (Å²) in [5.74, 6) is 0.978. The maximum atomic E-state index is 5.51. The summed E-state index contributed by atoms with van der Waals surface area (Å²) in [6, 6.07) is 18.4. The monoisotopic (exact) mass is 293 g/mol. The van der Waals surface area contributed by atoms with Crippen LogP contribution in [0.5, 0.6) is 5.75 Å². The Morgan fingerprint density at radius 1 is 1.14 bits per heavy atom. The van der Waals surface area contributed by atoms with Crippen molar-refractivity contribution in [2.45, 2.75) is 30.7 Å². The molecule has 2 aliphatic rings. The van der Waals surface area contributed by atoms with Crippen LogP contribution >= 0.6 is 0 Å². The van der Waals surface area contributed by atoms with Crippen molar-refractivity contribution in [3.8, 4) is 5.75 Å². The Balaban J connectivity index is 1.92. The van der Waals surface area contributed by atoms with Crippen molar-refractivity contribution in [3.05, 3.63) is 65.2 Å². The van der Waals surface area contributed by atoms with Crippen molar-refractivity contribution in [3.63, 3.8) is 0 Å². The smallest absolute Gasteiger partial charge is 0.119 e. The Morgan fingerprint density at radius 3 is 2.73 bits per heavy atom. The first-order valence-electron chi connectivity index (χ1n) is 8.16. The number of fused-ring (bicyclic) bond motifs is 4. The third-order valence-electron chi connectivity index (χ3n) is 5.71. The molecule has 2 aromatic carbocycles. The summed E-state index contributed by atoms with van der Waals surface area (Å²) in [5, 5.41) is 0. The number of likely N-dealkylation sites (tertiary alicyclic amines) is 1. The summed E-state index contributed by atoms with van der Waals surface area (Å²) >= 11 is 0. The van der Waals surface area contributed by atoms with Gasteiger partial charge in [0, 0.05) is 11.5 Å². The summed E-state index contributed by atoms with van der Waals surface area (Å²) in [4.78, 5) is 2.54. The summed E-state index contributed by atoms with van der Waals surface area (Å²) in [6.45, 7) is 1.16. The van der Waals surface area contributed by atoms with Gasteiger partial charge in [-0.3, -0.25) is 0 Å². The van der Waals surface area contributed by atoms with Gasteiger partial charge in [0.05, 0.1) is 7.11 Å². The number of hydrogen-bond donors (Lipinski definition) is 0. The number of piperidine rings is 1. The quantitative estimate of drug-likeness (QED) is 0.838. The molecule has 114 valence electrons. The van der Waals surface area contributed by atoms with Crippen LogP contribution in [0.1, 0.15) is 29.5 Å². The van der Waals surface area contributed by atoms with E-state index in [1.54, 1.807) is 7.11 Å². The fourth-order valence-corrected chi connectivity index (χ4v) is 4.42. The van der Waals surface area contributed by atoms with Crippen LogP contribution in [0.15, 0.2) is 48.5 Å². The van der Waals surface area contributed by atoms with Gasteiger partial charge in [-0.2, -0.15) is 0 Å². The van der Waals surface area contributed by atoms with Crippen LogP contribution in [0.4, 0.5) is 0 Å². The Morgan fingerprint density at radius 2 is 1.95 bits per heavy atom. The molecule has 0 radical (unpaired) electrons. The van der Waals surface area contributed by atoms with Gasteiger partial charge in [0.1, 0.15) is 5.75 Å². The molecule has 0 saturated carbocycles. The Labute approximate surface area is 132 Å². The Kier molecular flexibility index (Phi) is 3.23. The molecule has 1 saturated heterocycles. The van der Waals surface area contributed by atoms with E-state index in [9.17, 15) is 0 Å². The van der Waals surface area contributed by atoms with Gasteiger partial charge < -0.3 is 9.64 Å². The number of methoxy groups -OCH3 is 1. The molecule has 2 bridgehead atoms. The molecule has 1 heterocycles. The van der Waals surface area contributed by atoms with Crippen LogP contribution in [-0.2, 0) is 11.8 Å².